The van der Waals surface area contributed by atoms with Gasteiger partial charge >= 0.3 is 6.09 Å². The minimum Gasteiger partial charge on any atom is -0.450 e. The van der Waals surface area contributed by atoms with Crippen LogP contribution >= 0.6 is 11.3 Å². The van der Waals surface area contributed by atoms with E-state index in [4.69, 9.17) is 9.47 Å². The van der Waals surface area contributed by atoms with Crippen molar-refractivity contribution < 1.29 is 32.3 Å². The molecule has 0 radical (unpaired) electrons. The lowest BCUT2D eigenvalue weighted by atomic mass is 10.0. The Hall–Kier alpha value is -2.84. The number of nitrogens with one attached hydrogen (secondary N) is 2. The number of hydrogen-bond acceptors (Lipinski definition) is 9. The fourth-order valence-electron chi connectivity index (χ4n) is 4.50. The number of ether oxygens (including phenoxy) is 2. The molecule has 1 aromatic heterocycles. The van der Waals surface area contributed by atoms with Gasteiger partial charge in [0.2, 0.25) is 10.0 Å². The van der Waals surface area contributed by atoms with Gasteiger partial charge in [-0.2, -0.15) is 4.31 Å². The van der Waals surface area contributed by atoms with E-state index in [-0.39, 0.29) is 35.7 Å². The predicted octanol–water partition coefficient (Wildman–Crippen LogP) is 2.68. The third-order valence-electron chi connectivity index (χ3n) is 6.35. The number of sulfonamides is 1. The molecule has 3 amide bonds. The number of nitrogens with zero attached hydrogens (tertiary/aromatic N) is 2. The number of alkyl carbamates (subject to hydrolysis) is 1. The van der Waals surface area contributed by atoms with Crippen molar-refractivity contribution in [2.45, 2.75) is 38.1 Å². The van der Waals surface area contributed by atoms with Gasteiger partial charge in [-0.05, 0) is 56.1 Å². The smallest absolute Gasteiger partial charge is 0.414 e. The van der Waals surface area contributed by atoms with Gasteiger partial charge in [0.25, 0.3) is 11.8 Å². The molecule has 0 aliphatic carbocycles. The molecule has 2 N–H and O–H groups in total. The number of carbonyl (C=O) groups excluding carboxylic acids is 3. The van der Waals surface area contributed by atoms with Crippen molar-refractivity contribution in [3.05, 3.63) is 45.8 Å². The SMILES string of the molecule is CCCN1CCc2c(sc(NC(=O)c3ccc(S(=O)(=O)N4CCOCC4)cc3)c2C(=O)NC(=O)OCC)C1. The van der Waals surface area contributed by atoms with Crippen LogP contribution < -0.4 is 10.6 Å². The standard InChI is InChI=1S/C25H32N4O7S2/c1-3-10-28-11-9-19-20(16-28)37-24(21(19)23(31)27-25(32)36-4-2)26-22(30)17-5-7-18(8-6-17)38(33,34)29-12-14-35-15-13-29/h5-8H,3-4,9-16H2,1-2H3,(H,26,30)(H,27,31,32). The molecule has 0 unspecified atom stereocenters. The Labute approximate surface area is 226 Å². The number of carbonyl (C=O) groups is 3. The molecule has 0 atom stereocenters. The third kappa shape index (κ3) is 6.24. The molecule has 2 aliphatic heterocycles. The number of anilines is 1. The normalized spacial score (nSPS) is 16.5. The molecule has 11 nitrogen and oxygen atoms in total. The second-order valence-corrected chi connectivity index (χ2v) is 11.9. The van der Waals surface area contributed by atoms with Gasteiger partial charge < -0.3 is 14.8 Å². The van der Waals surface area contributed by atoms with E-state index in [9.17, 15) is 22.8 Å². The van der Waals surface area contributed by atoms with Crippen LogP contribution in [-0.4, -0.2) is 81.5 Å². The molecule has 38 heavy (non-hydrogen) atoms. The first-order valence-corrected chi connectivity index (χ1v) is 14.8. The Balaban J connectivity index is 1.56. The van der Waals surface area contributed by atoms with Crippen LogP contribution in [0.25, 0.3) is 0 Å². The minimum absolute atomic E-state index is 0.0908. The van der Waals surface area contributed by atoms with Crippen LogP contribution in [0.15, 0.2) is 29.2 Å². The summed E-state index contributed by atoms with van der Waals surface area (Å²) in [5.41, 5.74) is 1.31. The van der Waals surface area contributed by atoms with Crippen LogP contribution in [0.5, 0.6) is 0 Å². The van der Waals surface area contributed by atoms with E-state index < -0.39 is 27.9 Å². The molecule has 13 heteroatoms. The van der Waals surface area contributed by atoms with Gasteiger partial charge in [-0.25, -0.2) is 13.2 Å². The van der Waals surface area contributed by atoms with E-state index in [1.807, 2.05) is 0 Å². The topological polar surface area (TPSA) is 134 Å². The molecule has 0 spiro atoms. The largest absolute Gasteiger partial charge is 0.450 e. The van der Waals surface area contributed by atoms with E-state index in [2.05, 4.69) is 22.5 Å². The third-order valence-corrected chi connectivity index (χ3v) is 9.39. The summed E-state index contributed by atoms with van der Waals surface area (Å²) in [5, 5.41) is 5.39. The van der Waals surface area contributed by atoms with E-state index in [0.29, 0.717) is 31.2 Å². The number of benzene rings is 1. The Morgan fingerprint density at radius 3 is 2.42 bits per heavy atom. The zero-order chi connectivity index (χ0) is 27.3. The van der Waals surface area contributed by atoms with Crippen molar-refractivity contribution in [2.24, 2.45) is 0 Å². The highest BCUT2D eigenvalue weighted by atomic mass is 32.2. The lowest BCUT2D eigenvalue weighted by Crippen LogP contribution is -2.40. The summed E-state index contributed by atoms with van der Waals surface area (Å²) >= 11 is 1.31. The Kier molecular flexibility index (Phi) is 9.15. The van der Waals surface area contributed by atoms with Gasteiger partial charge in [-0.3, -0.25) is 19.8 Å². The van der Waals surface area contributed by atoms with Crippen LogP contribution in [0.3, 0.4) is 0 Å². The first-order chi connectivity index (χ1) is 18.2. The van der Waals surface area contributed by atoms with Crippen LogP contribution in [0, 0.1) is 0 Å². The first kappa shape index (κ1) is 28.2. The molecule has 206 valence electrons. The van der Waals surface area contributed by atoms with E-state index >= 15 is 0 Å². The van der Waals surface area contributed by atoms with Crippen LogP contribution in [0.4, 0.5) is 9.80 Å². The maximum atomic E-state index is 13.1. The van der Waals surface area contributed by atoms with Crippen molar-refractivity contribution in [3.8, 4) is 0 Å². The minimum atomic E-state index is -3.69. The maximum absolute atomic E-state index is 13.1. The van der Waals surface area contributed by atoms with Gasteiger partial charge in [0, 0.05) is 36.6 Å². The highest BCUT2D eigenvalue weighted by Crippen LogP contribution is 2.37. The monoisotopic (exact) mass is 564 g/mol. The summed E-state index contributed by atoms with van der Waals surface area (Å²) < 4.78 is 37.2. The number of rotatable bonds is 8. The molecule has 3 heterocycles. The molecule has 2 aromatic rings. The second kappa shape index (κ2) is 12.3. The quantitative estimate of drug-likeness (QED) is 0.500. The predicted molar refractivity (Wildman–Crippen MR) is 142 cm³/mol. The van der Waals surface area contributed by atoms with Crippen molar-refractivity contribution >= 4 is 44.3 Å². The molecule has 1 aromatic carbocycles. The lowest BCUT2D eigenvalue weighted by Gasteiger charge is -2.26. The van der Waals surface area contributed by atoms with Gasteiger partial charge in [0.1, 0.15) is 5.00 Å². The molecule has 0 saturated carbocycles. The molecule has 2 aliphatic rings. The summed E-state index contributed by atoms with van der Waals surface area (Å²) in [4.78, 5) is 41.5. The van der Waals surface area contributed by atoms with E-state index in [1.54, 1.807) is 6.92 Å². The number of amides is 3. The number of imide groups is 1. The van der Waals surface area contributed by atoms with Crippen molar-refractivity contribution in [2.75, 3.05) is 51.3 Å². The maximum Gasteiger partial charge on any atom is 0.414 e. The van der Waals surface area contributed by atoms with Gasteiger partial charge in [0.05, 0.1) is 30.3 Å². The summed E-state index contributed by atoms with van der Waals surface area (Å²) in [7, 11) is -3.69. The van der Waals surface area contributed by atoms with Crippen LogP contribution in [0.1, 0.15) is 51.4 Å². The first-order valence-electron chi connectivity index (χ1n) is 12.6. The van der Waals surface area contributed by atoms with Gasteiger partial charge in [-0.1, -0.05) is 6.92 Å². The zero-order valence-corrected chi connectivity index (χ0v) is 23.1. The van der Waals surface area contributed by atoms with Crippen LogP contribution in [-0.2, 0) is 32.5 Å². The molecule has 0 bridgehead atoms. The van der Waals surface area contributed by atoms with Gasteiger partial charge in [0.15, 0.2) is 0 Å². The van der Waals surface area contributed by atoms with Crippen molar-refractivity contribution in [3.63, 3.8) is 0 Å². The summed E-state index contributed by atoms with van der Waals surface area (Å²) in [6, 6.07) is 5.68. The fourth-order valence-corrected chi connectivity index (χ4v) is 7.19. The lowest BCUT2D eigenvalue weighted by molar-refractivity contribution is 0.0730. The summed E-state index contributed by atoms with van der Waals surface area (Å²) in [5.74, 6) is -1.12. The highest BCUT2D eigenvalue weighted by Gasteiger charge is 2.30. The van der Waals surface area contributed by atoms with Gasteiger partial charge in [-0.15, -0.1) is 11.3 Å². The Bertz CT molecular complexity index is 1290. The summed E-state index contributed by atoms with van der Waals surface area (Å²) in [6.07, 6.45) is 0.759. The average molecular weight is 565 g/mol. The Morgan fingerprint density at radius 2 is 1.76 bits per heavy atom. The molecule has 1 saturated heterocycles. The number of thiophene rings is 1. The fraction of sp³-hybridized carbons (Fsp3) is 0.480. The molecule has 1 fully saturated rings. The Morgan fingerprint density at radius 1 is 1.05 bits per heavy atom. The molecular weight excluding hydrogens is 532 g/mol. The average Bonchev–Trinajstić information content (AvgIpc) is 3.26. The van der Waals surface area contributed by atoms with Crippen molar-refractivity contribution in [1.82, 2.24) is 14.5 Å². The zero-order valence-electron chi connectivity index (χ0n) is 21.4. The number of hydrogen-bond donors (Lipinski definition) is 2. The summed E-state index contributed by atoms with van der Waals surface area (Å²) in [6.45, 7) is 7.44. The van der Waals surface area contributed by atoms with Crippen LogP contribution in [0.2, 0.25) is 0 Å². The molecule has 4 rings (SSSR count). The number of fused-ring (bicyclic) bond motifs is 1. The van der Waals surface area contributed by atoms with E-state index in [1.165, 1.54) is 39.9 Å². The van der Waals surface area contributed by atoms with Crippen molar-refractivity contribution in [1.29, 1.82) is 0 Å². The molecular formula is C25H32N4O7S2. The highest BCUT2D eigenvalue weighted by molar-refractivity contribution is 7.89. The van der Waals surface area contributed by atoms with E-state index in [0.717, 1.165) is 30.0 Å². The second-order valence-electron chi connectivity index (χ2n) is 8.90. The number of morpholine rings is 1.